The van der Waals surface area contributed by atoms with Crippen molar-refractivity contribution < 1.29 is 18.4 Å². The summed E-state index contributed by atoms with van der Waals surface area (Å²) in [6.45, 7) is 13.9. The number of hydrogen-bond donors (Lipinski definition) is 1. The molecule has 0 N–H and O–H groups in total. The molecule has 0 aliphatic heterocycles. The molecule has 0 fully saturated rings. The second-order valence-corrected chi connectivity index (χ2v) is 8.12. The topological polar surface area (TPSA) is 54.0 Å². The van der Waals surface area contributed by atoms with E-state index in [1.807, 2.05) is 52.0 Å². The largest absolute Gasteiger partial charge is 0.493 e. The van der Waals surface area contributed by atoms with E-state index in [1.165, 1.54) is 43.4 Å². The summed E-state index contributed by atoms with van der Waals surface area (Å²) in [6, 6.07) is 9.54. The Hall–Kier alpha value is -1.12. The Kier molecular flexibility index (Phi) is 28.0. The molecular formula is C26H46O5S2. The molecule has 7 heteroatoms. The fourth-order valence-electron chi connectivity index (χ4n) is 2.47. The first-order valence-electron chi connectivity index (χ1n) is 12.0. The molecule has 192 valence electrons. The molecule has 0 amide bonds. The Bertz CT molecular complexity index is 696. The van der Waals surface area contributed by atoms with Crippen LogP contribution in [0.1, 0.15) is 73.1 Å². The Morgan fingerprint density at radius 1 is 0.848 bits per heavy atom. The van der Waals surface area contributed by atoms with Gasteiger partial charge in [-0.1, -0.05) is 62.5 Å². The van der Waals surface area contributed by atoms with Crippen LogP contribution in [0.25, 0.3) is 10.1 Å². The monoisotopic (exact) mass is 502 g/mol. The molecular weight excluding hydrogens is 456 g/mol. The van der Waals surface area contributed by atoms with Crippen molar-refractivity contribution in [2.45, 2.75) is 73.1 Å². The van der Waals surface area contributed by atoms with Crippen molar-refractivity contribution in [2.24, 2.45) is 0 Å². The first-order chi connectivity index (χ1) is 16.1. The molecule has 0 bridgehead atoms. The van der Waals surface area contributed by atoms with Crippen LogP contribution in [-0.2, 0) is 13.7 Å². The summed E-state index contributed by atoms with van der Waals surface area (Å²) < 4.78 is 20.5. The molecule has 1 heterocycles. The minimum atomic E-state index is 0.0571. The van der Waals surface area contributed by atoms with E-state index in [2.05, 4.69) is 28.8 Å². The highest BCUT2D eigenvalue weighted by Gasteiger charge is 2.04. The zero-order chi connectivity index (χ0) is 25.2. The lowest BCUT2D eigenvalue weighted by Gasteiger charge is -2.08. The quantitative estimate of drug-likeness (QED) is 0.184. The van der Waals surface area contributed by atoms with E-state index in [9.17, 15) is 4.79 Å². The van der Waals surface area contributed by atoms with Gasteiger partial charge in [-0.15, -0.1) is 0 Å². The number of methoxy groups -OCH3 is 1. The van der Waals surface area contributed by atoms with Gasteiger partial charge in [0.05, 0.1) is 13.2 Å². The fourth-order valence-corrected chi connectivity index (χ4v) is 3.28. The normalized spacial score (nSPS) is 9.67. The third kappa shape index (κ3) is 21.2. The summed E-state index contributed by atoms with van der Waals surface area (Å²) in [5.41, 5.74) is 0. The number of rotatable bonds is 12. The molecule has 0 atom stereocenters. The number of thiol groups is 1. The number of fused-ring (bicyclic) bond motifs is 1. The predicted octanol–water partition coefficient (Wildman–Crippen LogP) is 7.56. The van der Waals surface area contributed by atoms with Gasteiger partial charge in [-0.2, -0.15) is 0 Å². The summed E-state index contributed by atoms with van der Waals surface area (Å²) in [4.78, 5) is 11.6. The molecule has 5 nitrogen and oxygen atoms in total. The molecule has 0 spiro atoms. The van der Waals surface area contributed by atoms with Gasteiger partial charge in [-0.3, -0.25) is 4.79 Å². The third-order valence-electron chi connectivity index (χ3n) is 4.19. The highest BCUT2D eigenvalue weighted by molar-refractivity contribution is 7.75. The van der Waals surface area contributed by atoms with Crippen LogP contribution in [-0.4, -0.2) is 40.1 Å². The van der Waals surface area contributed by atoms with E-state index in [1.54, 1.807) is 13.2 Å². The minimum Gasteiger partial charge on any atom is -0.493 e. The van der Waals surface area contributed by atoms with Gasteiger partial charge in [0.25, 0.3) is 0 Å². The summed E-state index contributed by atoms with van der Waals surface area (Å²) in [7, 11) is 1.68. The van der Waals surface area contributed by atoms with E-state index >= 15 is 0 Å². The smallest absolute Gasteiger partial charge is 0.236 e. The van der Waals surface area contributed by atoms with Crippen LogP contribution in [0.4, 0.5) is 0 Å². The van der Waals surface area contributed by atoms with Crippen molar-refractivity contribution >= 4 is 34.3 Å². The fraction of sp³-hybridized carbons (Fsp3) is 0.654. The summed E-state index contributed by atoms with van der Waals surface area (Å²) >= 11 is 4.69. The third-order valence-corrected chi connectivity index (χ3v) is 5.35. The van der Waals surface area contributed by atoms with Crippen LogP contribution in [0.3, 0.4) is 0 Å². The molecule has 0 unspecified atom stereocenters. The molecule has 0 saturated carbocycles. The lowest BCUT2D eigenvalue weighted by molar-refractivity contribution is 0.162. The molecule has 0 saturated heterocycles. The van der Waals surface area contributed by atoms with Crippen molar-refractivity contribution in [3.05, 3.63) is 39.9 Å². The van der Waals surface area contributed by atoms with Crippen molar-refractivity contribution in [2.75, 3.05) is 40.1 Å². The summed E-state index contributed by atoms with van der Waals surface area (Å²) in [6.07, 6.45) is 7.46. The molecule has 33 heavy (non-hydrogen) atoms. The summed E-state index contributed by atoms with van der Waals surface area (Å²) in [5, 5.41) is 1.04. The van der Waals surface area contributed by atoms with Crippen molar-refractivity contribution in [3.8, 4) is 5.75 Å². The Balaban J connectivity index is 0. The molecule has 2 aromatic rings. The van der Waals surface area contributed by atoms with Crippen LogP contribution in [0.2, 0.25) is 0 Å². The van der Waals surface area contributed by atoms with E-state index in [-0.39, 0.29) is 4.74 Å². The SMILES string of the molecule is CCCCCCCCOc1cc(=O)sc2ccccc12.CCOC.CCOCC.CCOS. The van der Waals surface area contributed by atoms with Gasteiger partial charge < -0.3 is 18.4 Å². The van der Waals surface area contributed by atoms with Crippen molar-refractivity contribution in [1.82, 2.24) is 0 Å². The molecule has 1 aromatic carbocycles. The number of ether oxygens (including phenoxy) is 3. The zero-order valence-corrected chi connectivity index (χ0v) is 23.3. The Labute approximate surface area is 211 Å². The maximum Gasteiger partial charge on any atom is 0.236 e. The second kappa shape index (κ2) is 27.1. The minimum absolute atomic E-state index is 0.0571. The molecule has 0 aliphatic carbocycles. The molecule has 0 radical (unpaired) electrons. The van der Waals surface area contributed by atoms with Crippen LogP contribution in [0.5, 0.6) is 5.75 Å². The Morgan fingerprint density at radius 3 is 1.94 bits per heavy atom. The first-order valence-corrected chi connectivity index (χ1v) is 13.2. The van der Waals surface area contributed by atoms with Crippen molar-refractivity contribution in [1.29, 1.82) is 0 Å². The second-order valence-electron chi connectivity index (χ2n) is 6.82. The lowest BCUT2D eigenvalue weighted by atomic mass is 10.1. The van der Waals surface area contributed by atoms with Gasteiger partial charge in [0, 0.05) is 43.1 Å². The van der Waals surface area contributed by atoms with Crippen LogP contribution in [0, 0.1) is 0 Å². The van der Waals surface area contributed by atoms with Crippen LogP contribution < -0.4 is 9.48 Å². The molecule has 1 aromatic heterocycles. The number of benzene rings is 1. The van der Waals surface area contributed by atoms with E-state index in [0.29, 0.717) is 13.2 Å². The van der Waals surface area contributed by atoms with Gasteiger partial charge in [0.2, 0.25) is 4.74 Å². The van der Waals surface area contributed by atoms with E-state index in [4.69, 9.17) is 9.47 Å². The van der Waals surface area contributed by atoms with E-state index < -0.39 is 0 Å². The number of hydrogen-bond acceptors (Lipinski definition) is 7. The number of unbranched alkanes of at least 4 members (excludes halogenated alkanes) is 5. The zero-order valence-electron chi connectivity index (χ0n) is 21.6. The van der Waals surface area contributed by atoms with Gasteiger partial charge in [0.15, 0.2) is 0 Å². The Morgan fingerprint density at radius 2 is 1.42 bits per heavy atom. The van der Waals surface area contributed by atoms with Gasteiger partial charge >= 0.3 is 0 Å². The van der Waals surface area contributed by atoms with E-state index in [0.717, 1.165) is 42.1 Å². The van der Waals surface area contributed by atoms with Gasteiger partial charge in [0.1, 0.15) is 5.75 Å². The maximum absolute atomic E-state index is 11.6. The van der Waals surface area contributed by atoms with Crippen LogP contribution >= 0.6 is 24.2 Å². The molecule has 2 rings (SSSR count). The first kappa shape index (κ1) is 34.0. The van der Waals surface area contributed by atoms with Crippen LogP contribution in [0.15, 0.2) is 35.1 Å². The average molecular weight is 503 g/mol. The highest BCUT2D eigenvalue weighted by Crippen LogP contribution is 2.26. The lowest BCUT2D eigenvalue weighted by Crippen LogP contribution is -2.01. The standard InChI is InChI=1S/C17H22O2S.C4H10O.C3H8O.C2H6OS/c1-2-3-4-5-6-9-12-19-15-13-17(18)20-16-11-8-7-10-14(15)16;1-3-5-4-2;1-3-4-2;1-2-3-4/h7-8,10-11,13H,2-6,9,12H2,1H3;3-4H2,1-2H3;3H2,1-2H3;4H,2H2,1H3. The average Bonchev–Trinajstić information content (AvgIpc) is 2.84. The maximum atomic E-state index is 11.6. The summed E-state index contributed by atoms with van der Waals surface area (Å²) in [5.74, 6) is 0.734. The highest BCUT2D eigenvalue weighted by atomic mass is 32.1. The molecule has 0 aliphatic rings. The predicted molar refractivity (Wildman–Crippen MR) is 147 cm³/mol. The van der Waals surface area contributed by atoms with Gasteiger partial charge in [-0.05, 0) is 59.2 Å². The van der Waals surface area contributed by atoms with Crippen molar-refractivity contribution in [3.63, 3.8) is 0 Å². The van der Waals surface area contributed by atoms with Gasteiger partial charge in [-0.25, -0.2) is 0 Å².